The molecule has 1 aromatic carbocycles. The van der Waals surface area contributed by atoms with Crippen molar-refractivity contribution in [1.82, 2.24) is 4.90 Å². The first kappa shape index (κ1) is 17.6. The van der Waals surface area contributed by atoms with Crippen LogP contribution >= 0.6 is 12.4 Å². The molecule has 1 aliphatic heterocycles. The fourth-order valence-corrected chi connectivity index (χ4v) is 3.63. The number of likely N-dealkylation sites (N-methyl/N-ethyl adjacent to an activating group) is 1. The Morgan fingerprint density at radius 2 is 1.82 bits per heavy atom. The first-order valence-electron chi connectivity index (χ1n) is 8.26. The highest BCUT2D eigenvalue weighted by molar-refractivity contribution is 5.85. The normalized spacial score (nSPS) is 22.8. The number of ether oxygens (including phenoxy) is 2. The van der Waals surface area contributed by atoms with E-state index in [1.54, 1.807) is 0 Å². The average molecular weight is 326 g/mol. The molecule has 1 spiro atoms. The summed E-state index contributed by atoms with van der Waals surface area (Å²) < 4.78 is 12.8. The molecule has 0 saturated heterocycles. The fraction of sp³-hybridized carbons (Fsp3) is 0.667. The number of hydrogen-bond acceptors (Lipinski definition) is 3. The molecule has 1 aromatic rings. The van der Waals surface area contributed by atoms with Crippen molar-refractivity contribution in [1.29, 1.82) is 0 Å². The maximum absolute atomic E-state index is 6.45. The Bertz CT molecular complexity index is 470. The second-order valence-corrected chi connectivity index (χ2v) is 6.67. The van der Waals surface area contributed by atoms with E-state index in [9.17, 15) is 0 Å². The molecule has 0 amide bonds. The highest BCUT2D eigenvalue weighted by Crippen LogP contribution is 2.51. The summed E-state index contributed by atoms with van der Waals surface area (Å²) in [5.74, 6) is 1.04. The monoisotopic (exact) mass is 325 g/mol. The number of para-hydroxylation sites is 1. The van der Waals surface area contributed by atoms with Crippen LogP contribution in [0.25, 0.3) is 0 Å². The molecule has 1 aliphatic carbocycles. The highest BCUT2D eigenvalue weighted by Gasteiger charge is 2.48. The van der Waals surface area contributed by atoms with Crippen molar-refractivity contribution in [3.8, 4) is 5.75 Å². The van der Waals surface area contributed by atoms with Crippen molar-refractivity contribution in [3.05, 3.63) is 29.8 Å². The van der Waals surface area contributed by atoms with Crippen LogP contribution in [0.5, 0.6) is 5.75 Å². The lowest BCUT2D eigenvalue weighted by Gasteiger charge is -2.34. The van der Waals surface area contributed by atoms with Crippen LogP contribution in [-0.4, -0.2) is 37.7 Å². The van der Waals surface area contributed by atoms with Crippen molar-refractivity contribution in [2.24, 2.45) is 0 Å². The van der Waals surface area contributed by atoms with Crippen molar-refractivity contribution in [3.63, 3.8) is 0 Å². The highest BCUT2D eigenvalue weighted by atomic mass is 35.5. The molecular formula is C18H28ClNO2. The lowest BCUT2D eigenvalue weighted by molar-refractivity contribution is -0.0821. The Balaban J connectivity index is 0.00000176. The zero-order chi connectivity index (χ0) is 14.7. The molecule has 1 unspecified atom stereocenters. The van der Waals surface area contributed by atoms with Crippen molar-refractivity contribution < 1.29 is 9.47 Å². The summed E-state index contributed by atoms with van der Waals surface area (Å²) in [5.41, 5.74) is 1.13. The SMILES string of the molecule is CN(C)CCOC1c2ccccc2OC12CCCCCC2.Cl. The second-order valence-electron chi connectivity index (χ2n) is 6.67. The van der Waals surface area contributed by atoms with E-state index in [2.05, 4.69) is 43.3 Å². The standard InChI is InChI=1S/C18H27NO2.ClH/c1-19(2)13-14-20-17-15-9-5-6-10-16(15)21-18(17)11-7-3-4-8-12-18;/h5-6,9-10,17H,3-4,7-8,11-14H2,1-2H3;1H. The summed E-state index contributed by atoms with van der Waals surface area (Å²) in [7, 11) is 4.17. The first-order valence-corrected chi connectivity index (χ1v) is 8.26. The van der Waals surface area contributed by atoms with Gasteiger partial charge in [-0.3, -0.25) is 0 Å². The average Bonchev–Trinajstić information content (AvgIpc) is 2.60. The van der Waals surface area contributed by atoms with E-state index < -0.39 is 0 Å². The summed E-state index contributed by atoms with van der Waals surface area (Å²) in [6, 6.07) is 8.43. The van der Waals surface area contributed by atoms with E-state index in [0.717, 1.165) is 31.7 Å². The number of benzene rings is 1. The maximum Gasteiger partial charge on any atom is 0.139 e. The number of rotatable bonds is 4. The second kappa shape index (κ2) is 7.67. The Labute approximate surface area is 140 Å². The zero-order valence-electron chi connectivity index (χ0n) is 13.7. The predicted molar refractivity (Wildman–Crippen MR) is 92.0 cm³/mol. The Hall–Kier alpha value is -0.770. The van der Waals surface area contributed by atoms with E-state index in [0.29, 0.717) is 0 Å². The zero-order valence-corrected chi connectivity index (χ0v) is 14.5. The lowest BCUT2D eigenvalue weighted by Crippen LogP contribution is -2.39. The molecule has 22 heavy (non-hydrogen) atoms. The molecular weight excluding hydrogens is 298 g/mol. The molecule has 124 valence electrons. The van der Waals surface area contributed by atoms with Gasteiger partial charge in [-0.1, -0.05) is 31.0 Å². The van der Waals surface area contributed by atoms with Gasteiger partial charge in [0.25, 0.3) is 0 Å². The number of halogens is 1. The lowest BCUT2D eigenvalue weighted by atomic mass is 9.86. The summed E-state index contributed by atoms with van der Waals surface area (Å²) in [6.07, 6.45) is 7.50. The molecule has 1 atom stereocenters. The minimum Gasteiger partial charge on any atom is -0.484 e. The van der Waals surface area contributed by atoms with Crippen molar-refractivity contribution in [2.45, 2.75) is 50.2 Å². The fourth-order valence-electron chi connectivity index (χ4n) is 3.63. The van der Waals surface area contributed by atoms with Crippen LogP contribution in [0.1, 0.15) is 50.2 Å². The molecule has 4 heteroatoms. The molecule has 0 bridgehead atoms. The number of hydrogen-bond donors (Lipinski definition) is 0. The smallest absolute Gasteiger partial charge is 0.139 e. The number of nitrogens with zero attached hydrogens (tertiary/aromatic N) is 1. The minimum atomic E-state index is -0.119. The Morgan fingerprint density at radius 3 is 2.50 bits per heavy atom. The van der Waals surface area contributed by atoms with Crippen LogP contribution in [0.3, 0.4) is 0 Å². The Morgan fingerprint density at radius 1 is 1.14 bits per heavy atom. The van der Waals surface area contributed by atoms with Gasteiger partial charge in [0, 0.05) is 12.1 Å². The Kier molecular flexibility index (Phi) is 6.13. The summed E-state index contributed by atoms with van der Waals surface area (Å²) >= 11 is 0. The summed E-state index contributed by atoms with van der Waals surface area (Å²) in [6.45, 7) is 1.71. The third kappa shape index (κ3) is 3.58. The van der Waals surface area contributed by atoms with Gasteiger partial charge in [-0.2, -0.15) is 0 Å². The molecule has 1 heterocycles. The van der Waals surface area contributed by atoms with Crippen LogP contribution in [0.15, 0.2) is 24.3 Å². The molecule has 1 saturated carbocycles. The topological polar surface area (TPSA) is 21.7 Å². The molecule has 0 radical (unpaired) electrons. The number of fused-ring (bicyclic) bond motifs is 1. The third-order valence-electron chi connectivity index (χ3n) is 4.77. The van der Waals surface area contributed by atoms with Crippen molar-refractivity contribution in [2.75, 3.05) is 27.2 Å². The van der Waals surface area contributed by atoms with Gasteiger partial charge in [0.2, 0.25) is 0 Å². The summed E-state index contributed by atoms with van der Waals surface area (Å²) in [4.78, 5) is 2.17. The molecule has 3 rings (SSSR count). The quantitative estimate of drug-likeness (QED) is 0.827. The van der Waals surface area contributed by atoms with Gasteiger partial charge in [0.05, 0.1) is 6.61 Å². The molecule has 1 fully saturated rings. The van der Waals surface area contributed by atoms with Gasteiger partial charge in [0.15, 0.2) is 0 Å². The predicted octanol–water partition coefficient (Wildman–Crippen LogP) is 4.21. The van der Waals surface area contributed by atoms with E-state index in [1.807, 2.05) is 0 Å². The van der Waals surface area contributed by atoms with Crippen LogP contribution in [0.4, 0.5) is 0 Å². The van der Waals surface area contributed by atoms with Crippen molar-refractivity contribution >= 4 is 12.4 Å². The van der Waals surface area contributed by atoms with Gasteiger partial charge < -0.3 is 14.4 Å². The van der Waals surface area contributed by atoms with Gasteiger partial charge >= 0.3 is 0 Å². The summed E-state index contributed by atoms with van der Waals surface area (Å²) in [5, 5.41) is 0. The molecule has 3 nitrogen and oxygen atoms in total. The van der Waals surface area contributed by atoms with Crippen LogP contribution < -0.4 is 4.74 Å². The van der Waals surface area contributed by atoms with Crippen LogP contribution in [0.2, 0.25) is 0 Å². The minimum absolute atomic E-state index is 0. The van der Waals surface area contributed by atoms with E-state index in [1.165, 1.54) is 31.2 Å². The largest absolute Gasteiger partial charge is 0.484 e. The third-order valence-corrected chi connectivity index (χ3v) is 4.77. The molecule has 2 aliphatic rings. The molecule has 0 aromatic heterocycles. The van der Waals surface area contributed by atoms with E-state index >= 15 is 0 Å². The van der Waals surface area contributed by atoms with E-state index in [-0.39, 0.29) is 24.1 Å². The van der Waals surface area contributed by atoms with Crippen LogP contribution in [-0.2, 0) is 4.74 Å². The van der Waals surface area contributed by atoms with E-state index in [4.69, 9.17) is 9.47 Å². The van der Waals surface area contributed by atoms with Gasteiger partial charge in [-0.25, -0.2) is 0 Å². The van der Waals surface area contributed by atoms with Gasteiger partial charge in [-0.05, 0) is 45.8 Å². The first-order chi connectivity index (χ1) is 10.2. The van der Waals surface area contributed by atoms with Gasteiger partial charge in [-0.15, -0.1) is 12.4 Å². The molecule has 0 N–H and O–H groups in total. The van der Waals surface area contributed by atoms with Gasteiger partial charge in [0.1, 0.15) is 17.5 Å². The maximum atomic E-state index is 6.45. The van der Waals surface area contributed by atoms with Crippen LogP contribution in [0, 0.1) is 0 Å².